The molecule has 0 bridgehead atoms. The van der Waals surface area contributed by atoms with Crippen molar-refractivity contribution in [2.24, 2.45) is 13.0 Å². The van der Waals surface area contributed by atoms with E-state index in [0.29, 0.717) is 11.6 Å². The quantitative estimate of drug-likeness (QED) is 0.832. The topological polar surface area (TPSA) is 60.9 Å². The van der Waals surface area contributed by atoms with Gasteiger partial charge in [-0.15, -0.1) is 0 Å². The van der Waals surface area contributed by atoms with Crippen LogP contribution in [0.3, 0.4) is 0 Å². The third kappa shape index (κ3) is 3.82. The van der Waals surface area contributed by atoms with Crippen molar-refractivity contribution in [2.45, 2.75) is 57.8 Å². The van der Waals surface area contributed by atoms with Crippen LogP contribution in [0.15, 0.2) is 6.20 Å². The maximum Gasteiger partial charge on any atom is 0.201 e. The van der Waals surface area contributed by atoms with E-state index in [0.717, 1.165) is 25.7 Å². The molecule has 1 aliphatic carbocycles. The molecule has 1 heterocycles. The van der Waals surface area contributed by atoms with Gasteiger partial charge in [0, 0.05) is 19.2 Å². The molecule has 4 heteroatoms. The number of nitrogen functional groups attached to an aromatic ring is 1. The van der Waals surface area contributed by atoms with Crippen LogP contribution in [-0.4, -0.2) is 15.3 Å². The second-order valence-corrected chi connectivity index (χ2v) is 5.71. The molecule has 0 aromatic carbocycles. The van der Waals surface area contributed by atoms with Crippen LogP contribution in [0.4, 0.5) is 5.82 Å². The summed E-state index contributed by atoms with van der Waals surface area (Å²) in [5.74, 6) is 1.28. The Kier molecular flexibility index (Phi) is 5.00. The first kappa shape index (κ1) is 14.1. The Morgan fingerprint density at radius 3 is 2.16 bits per heavy atom. The van der Waals surface area contributed by atoms with Crippen LogP contribution in [0.1, 0.15) is 68.4 Å². The van der Waals surface area contributed by atoms with Gasteiger partial charge in [0.15, 0.2) is 5.82 Å². The highest BCUT2D eigenvalue weighted by Gasteiger charge is 2.23. The van der Waals surface area contributed by atoms with Crippen LogP contribution in [0.5, 0.6) is 0 Å². The molecule has 1 aromatic rings. The first-order chi connectivity index (χ1) is 9.18. The minimum atomic E-state index is 0.138. The summed E-state index contributed by atoms with van der Waals surface area (Å²) in [5, 5.41) is 0. The third-order valence-corrected chi connectivity index (χ3v) is 4.09. The molecule has 0 aliphatic heterocycles. The van der Waals surface area contributed by atoms with Crippen molar-refractivity contribution >= 4 is 11.6 Å². The number of aromatic nitrogens is 2. The Hall–Kier alpha value is -1.32. The lowest BCUT2D eigenvalue weighted by Gasteiger charge is -2.17. The van der Waals surface area contributed by atoms with Crippen LogP contribution in [0.2, 0.25) is 0 Å². The predicted molar refractivity (Wildman–Crippen MR) is 77.0 cm³/mol. The maximum absolute atomic E-state index is 12.6. The van der Waals surface area contributed by atoms with Crippen molar-refractivity contribution in [3.05, 3.63) is 12.0 Å². The van der Waals surface area contributed by atoms with Gasteiger partial charge in [-0.05, 0) is 12.8 Å². The number of imidazole rings is 1. The summed E-state index contributed by atoms with van der Waals surface area (Å²) >= 11 is 0. The van der Waals surface area contributed by atoms with Crippen LogP contribution in [0, 0.1) is 5.92 Å². The molecule has 0 radical (unpaired) electrons. The summed E-state index contributed by atoms with van der Waals surface area (Å²) in [5.41, 5.74) is 5.66. The molecule has 2 N–H and O–H groups in total. The molecule has 2 rings (SSSR count). The monoisotopic (exact) mass is 263 g/mol. The highest BCUT2D eigenvalue weighted by Crippen LogP contribution is 2.24. The summed E-state index contributed by atoms with van der Waals surface area (Å²) in [4.78, 5) is 16.7. The van der Waals surface area contributed by atoms with Crippen molar-refractivity contribution in [1.82, 2.24) is 9.55 Å². The third-order valence-electron chi connectivity index (χ3n) is 4.09. The van der Waals surface area contributed by atoms with E-state index in [-0.39, 0.29) is 11.7 Å². The van der Waals surface area contributed by atoms with E-state index in [2.05, 4.69) is 4.98 Å². The second kappa shape index (κ2) is 6.73. The van der Waals surface area contributed by atoms with Crippen molar-refractivity contribution in [3.63, 3.8) is 0 Å². The number of carbonyl (C=O) groups excluding carboxylic acids is 1. The number of anilines is 1. The molecular formula is C15H25N3O. The van der Waals surface area contributed by atoms with Crippen molar-refractivity contribution < 1.29 is 4.79 Å². The zero-order chi connectivity index (χ0) is 13.7. The number of ketones is 1. The van der Waals surface area contributed by atoms with Gasteiger partial charge in [-0.3, -0.25) is 4.79 Å². The summed E-state index contributed by atoms with van der Waals surface area (Å²) in [6, 6.07) is 0. The van der Waals surface area contributed by atoms with Crippen molar-refractivity contribution in [3.8, 4) is 0 Å². The number of Topliss-reactive ketones (excluding diaryl/α,β-unsaturated/α-hetero) is 1. The molecule has 0 spiro atoms. The Morgan fingerprint density at radius 1 is 1.16 bits per heavy atom. The first-order valence-corrected chi connectivity index (χ1v) is 7.51. The molecule has 0 atom stereocenters. The second-order valence-electron chi connectivity index (χ2n) is 5.71. The minimum absolute atomic E-state index is 0.138. The Balaban J connectivity index is 2.04. The Labute approximate surface area is 115 Å². The smallest absolute Gasteiger partial charge is 0.201 e. The number of nitrogens with zero attached hydrogens (tertiary/aromatic N) is 2. The molecule has 1 saturated carbocycles. The van der Waals surface area contributed by atoms with E-state index in [9.17, 15) is 4.79 Å². The lowest BCUT2D eigenvalue weighted by Crippen LogP contribution is -2.19. The van der Waals surface area contributed by atoms with Crippen LogP contribution in [-0.2, 0) is 7.05 Å². The molecule has 0 saturated heterocycles. The Morgan fingerprint density at radius 2 is 1.68 bits per heavy atom. The van der Waals surface area contributed by atoms with Crippen LogP contribution >= 0.6 is 0 Å². The molecule has 0 unspecified atom stereocenters. The SMILES string of the molecule is Cn1cc(N)nc1C(=O)C1CCCCCCCCC1. The standard InChI is InChI=1S/C15H25N3O/c1-18-11-13(16)17-15(18)14(19)12-9-7-5-3-2-4-6-8-10-12/h11-12H,2-10,16H2,1H3. The number of carbonyl (C=O) groups is 1. The zero-order valence-electron chi connectivity index (χ0n) is 11.9. The van der Waals surface area contributed by atoms with E-state index in [1.807, 2.05) is 7.05 Å². The number of aryl methyl sites for hydroxylation is 1. The summed E-state index contributed by atoms with van der Waals surface area (Å²) in [6.45, 7) is 0. The van der Waals surface area contributed by atoms with E-state index in [1.54, 1.807) is 10.8 Å². The largest absolute Gasteiger partial charge is 0.382 e. The van der Waals surface area contributed by atoms with E-state index in [4.69, 9.17) is 5.73 Å². The predicted octanol–water partition coefficient (Wildman–Crippen LogP) is 3.33. The van der Waals surface area contributed by atoms with E-state index >= 15 is 0 Å². The number of hydrogen-bond acceptors (Lipinski definition) is 3. The zero-order valence-corrected chi connectivity index (χ0v) is 11.9. The molecule has 106 valence electrons. The molecule has 1 aliphatic rings. The molecule has 4 nitrogen and oxygen atoms in total. The van der Waals surface area contributed by atoms with Gasteiger partial charge < -0.3 is 10.3 Å². The average Bonchev–Trinajstić information content (AvgIpc) is 2.74. The fraction of sp³-hybridized carbons (Fsp3) is 0.733. The summed E-state index contributed by atoms with van der Waals surface area (Å²) in [6.07, 6.45) is 12.6. The van der Waals surface area contributed by atoms with E-state index in [1.165, 1.54) is 32.1 Å². The van der Waals surface area contributed by atoms with Gasteiger partial charge in [-0.1, -0.05) is 44.9 Å². The fourth-order valence-electron chi connectivity index (χ4n) is 2.97. The summed E-state index contributed by atoms with van der Waals surface area (Å²) < 4.78 is 1.76. The van der Waals surface area contributed by atoms with E-state index < -0.39 is 0 Å². The lowest BCUT2D eigenvalue weighted by atomic mass is 9.89. The number of rotatable bonds is 2. The molecule has 0 amide bonds. The molecule has 19 heavy (non-hydrogen) atoms. The molecule has 1 aromatic heterocycles. The highest BCUT2D eigenvalue weighted by atomic mass is 16.1. The maximum atomic E-state index is 12.6. The average molecular weight is 263 g/mol. The molecule has 1 fully saturated rings. The Bertz CT molecular complexity index is 415. The van der Waals surface area contributed by atoms with Crippen molar-refractivity contribution in [1.29, 1.82) is 0 Å². The number of nitrogens with two attached hydrogens (primary N) is 1. The number of hydrogen-bond donors (Lipinski definition) is 1. The van der Waals surface area contributed by atoms with Gasteiger partial charge >= 0.3 is 0 Å². The van der Waals surface area contributed by atoms with Gasteiger partial charge in [0.1, 0.15) is 5.82 Å². The minimum Gasteiger partial charge on any atom is -0.382 e. The highest BCUT2D eigenvalue weighted by molar-refractivity contribution is 5.95. The normalized spacial score (nSPS) is 19.2. The van der Waals surface area contributed by atoms with Gasteiger partial charge in [-0.2, -0.15) is 0 Å². The summed E-state index contributed by atoms with van der Waals surface area (Å²) in [7, 11) is 1.84. The van der Waals surface area contributed by atoms with Crippen LogP contribution in [0.25, 0.3) is 0 Å². The van der Waals surface area contributed by atoms with Crippen molar-refractivity contribution in [2.75, 3.05) is 5.73 Å². The molecular weight excluding hydrogens is 238 g/mol. The van der Waals surface area contributed by atoms with Gasteiger partial charge in [0.2, 0.25) is 5.78 Å². The van der Waals surface area contributed by atoms with Gasteiger partial charge in [0.05, 0.1) is 0 Å². The van der Waals surface area contributed by atoms with Crippen LogP contribution < -0.4 is 5.73 Å². The fourth-order valence-corrected chi connectivity index (χ4v) is 2.97. The van der Waals surface area contributed by atoms with Gasteiger partial charge in [0.25, 0.3) is 0 Å². The first-order valence-electron chi connectivity index (χ1n) is 7.51. The lowest BCUT2D eigenvalue weighted by molar-refractivity contribution is 0.0887. The van der Waals surface area contributed by atoms with Gasteiger partial charge in [-0.25, -0.2) is 4.98 Å².